The second-order valence-electron chi connectivity index (χ2n) is 9.29. The van der Waals surface area contributed by atoms with Gasteiger partial charge in [0.2, 0.25) is 11.0 Å². The maximum absolute atomic E-state index is 13.9. The number of carbonyl (C=O) groups is 2. The van der Waals surface area contributed by atoms with E-state index in [9.17, 15) is 14.0 Å². The first-order valence-electron chi connectivity index (χ1n) is 11.7. The number of urea groups is 1. The molecule has 0 saturated heterocycles. The van der Waals surface area contributed by atoms with Crippen molar-refractivity contribution in [2.45, 2.75) is 19.8 Å². The van der Waals surface area contributed by atoms with Gasteiger partial charge >= 0.3 is 6.03 Å². The normalized spacial score (nSPS) is 12.3. The Balaban J connectivity index is 1.58. The van der Waals surface area contributed by atoms with Gasteiger partial charge < -0.3 is 16.4 Å². The summed E-state index contributed by atoms with van der Waals surface area (Å²) in [7, 11) is 0. The molecule has 5 rings (SSSR count). The lowest BCUT2D eigenvalue weighted by molar-refractivity contribution is -0.124. The number of nitrogens with one attached hydrogen (secondary N) is 2. The molecule has 38 heavy (non-hydrogen) atoms. The summed E-state index contributed by atoms with van der Waals surface area (Å²) < 4.78 is 15.5. The van der Waals surface area contributed by atoms with Crippen molar-refractivity contribution in [2.24, 2.45) is 11.1 Å². The molecule has 0 bridgehead atoms. The van der Waals surface area contributed by atoms with E-state index in [-0.39, 0.29) is 17.5 Å². The molecule has 3 amide bonds. The van der Waals surface area contributed by atoms with Gasteiger partial charge in [-0.25, -0.2) is 13.9 Å². The van der Waals surface area contributed by atoms with E-state index in [4.69, 9.17) is 5.73 Å². The average Bonchev–Trinajstić information content (AvgIpc) is 3.54. The first-order valence-corrected chi connectivity index (χ1v) is 12.6. The van der Waals surface area contributed by atoms with E-state index in [1.165, 1.54) is 29.5 Å². The van der Waals surface area contributed by atoms with Crippen molar-refractivity contribution in [3.8, 4) is 5.69 Å². The number of rotatable bonds is 7. The minimum absolute atomic E-state index is 0.188. The number of hydrogen-bond acceptors (Lipinski definition) is 6. The van der Waals surface area contributed by atoms with Crippen molar-refractivity contribution >= 4 is 45.0 Å². The van der Waals surface area contributed by atoms with Gasteiger partial charge in [0.05, 0.1) is 28.5 Å². The molecule has 4 N–H and O–H groups in total. The molecule has 0 aliphatic carbocycles. The lowest BCUT2D eigenvalue weighted by atomic mass is 9.70. The highest BCUT2D eigenvalue weighted by atomic mass is 32.1. The fourth-order valence-electron chi connectivity index (χ4n) is 4.64. The van der Waals surface area contributed by atoms with Crippen LogP contribution in [0, 0.1) is 11.2 Å². The number of hydrogen-bond donors (Lipinski definition) is 3. The van der Waals surface area contributed by atoms with Gasteiger partial charge in [-0.3, -0.25) is 4.79 Å². The number of fused-ring (bicyclic) bond motifs is 1. The number of primary amides is 1. The quantitative estimate of drug-likeness (QED) is 0.263. The maximum Gasteiger partial charge on any atom is 0.316 e. The summed E-state index contributed by atoms with van der Waals surface area (Å²) in [4.78, 5) is 25.0. The van der Waals surface area contributed by atoms with Gasteiger partial charge in [-0.2, -0.15) is 5.10 Å². The number of carbonyl (C=O) groups excluding carboxylic acids is 2. The zero-order chi connectivity index (χ0) is 26.9. The molecular weight excluding hydrogens is 505 g/mol. The van der Waals surface area contributed by atoms with Gasteiger partial charge in [0, 0.05) is 11.3 Å². The van der Waals surface area contributed by atoms with E-state index < -0.39 is 17.3 Å². The molecule has 0 unspecified atom stereocenters. The van der Waals surface area contributed by atoms with E-state index in [0.29, 0.717) is 10.8 Å². The highest BCUT2D eigenvalue weighted by Crippen LogP contribution is 2.43. The first-order chi connectivity index (χ1) is 18.2. The van der Waals surface area contributed by atoms with E-state index in [1.54, 1.807) is 16.4 Å². The topological polar surface area (TPSA) is 128 Å². The lowest BCUT2D eigenvalue weighted by Crippen LogP contribution is -2.37. The van der Waals surface area contributed by atoms with Crippen LogP contribution in [0.2, 0.25) is 0 Å². The zero-order valence-corrected chi connectivity index (χ0v) is 21.4. The predicted molar refractivity (Wildman–Crippen MR) is 145 cm³/mol. The first kappa shape index (κ1) is 25.0. The summed E-state index contributed by atoms with van der Waals surface area (Å²) in [6.07, 6.45) is 1.69. The summed E-state index contributed by atoms with van der Waals surface area (Å²) in [6.45, 7) is 3.80. The van der Waals surface area contributed by atoms with Crippen LogP contribution < -0.4 is 16.4 Å². The van der Waals surface area contributed by atoms with Gasteiger partial charge in [-0.05, 0) is 41.5 Å². The average molecular weight is 530 g/mol. The van der Waals surface area contributed by atoms with Crippen LogP contribution in [0.5, 0.6) is 0 Å². The van der Waals surface area contributed by atoms with Crippen molar-refractivity contribution in [3.05, 3.63) is 95.4 Å². The largest absolute Gasteiger partial charge is 0.351 e. The minimum Gasteiger partial charge on any atom is -0.351 e. The van der Waals surface area contributed by atoms with Crippen molar-refractivity contribution in [2.75, 3.05) is 10.6 Å². The summed E-state index contributed by atoms with van der Waals surface area (Å²) in [5.74, 6) is -1.01. The molecular formula is C27H24FN7O2S. The van der Waals surface area contributed by atoms with Gasteiger partial charge in [-0.1, -0.05) is 61.6 Å². The van der Waals surface area contributed by atoms with Crippen molar-refractivity contribution in [1.29, 1.82) is 0 Å². The van der Waals surface area contributed by atoms with E-state index in [1.807, 2.05) is 62.4 Å². The van der Waals surface area contributed by atoms with Crippen molar-refractivity contribution < 1.29 is 14.0 Å². The SMILES string of the molecule is CC(C)(C(=O)Nc1nncs1)[C@@H](c1ccccc1)c1ccc2c(cnn2-c2ccc(F)cc2NC(N)=O)c1. The molecule has 0 aliphatic heterocycles. The summed E-state index contributed by atoms with van der Waals surface area (Å²) in [5.41, 5.74) is 9.26. The molecule has 11 heteroatoms. The van der Waals surface area contributed by atoms with Crippen molar-refractivity contribution in [1.82, 2.24) is 20.0 Å². The molecule has 3 aromatic carbocycles. The number of nitrogens with two attached hydrogens (primary N) is 1. The highest BCUT2D eigenvalue weighted by molar-refractivity contribution is 7.13. The van der Waals surface area contributed by atoms with Crippen LogP contribution in [0.4, 0.5) is 20.0 Å². The predicted octanol–water partition coefficient (Wildman–Crippen LogP) is 5.30. The summed E-state index contributed by atoms with van der Waals surface area (Å²) >= 11 is 1.26. The zero-order valence-electron chi connectivity index (χ0n) is 20.6. The third kappa shape index (κ3) is 4.83. The second-order valence-corrected chi connectivity index (χ2v) is 10.1. The van der Waals surface area contributed by atoms with E-state index >= 15 is 0 Å². The second kappa shape index (κ2) is 10.0. The molecule has 2 aromatic heterocycles. The van der Waals surface area contributed by atoms with Crippen LogP contribution in [-0.2, 0) is 4.79 Å². The van der Waals surface area contributed by atoms with Crippen LogP contribution in [-0.4, -0.2) is 31.9 Å². The number of nitrogens with zero attached hydrogens (tertiary/aromatic N) is 4. The Morgan fingerprint density at radius 3 is 2.53 bits per heavy atom. The molecule has 5 aromatic rings. The number of halogens is 1. The highest BCUT2D eigenvalue weighted by Gasteiger charge is 2.39. The smallest absolute Gasteiger partial charge is 0.316 e. The Kier molecular flexibility index (Phi) is 6.60. The maximum atomic E-state index is 13.9. The minimum atomic E-state index is -0.869. The Morgan fingerprint density at radius 1 is 1.03 bits per heavy atom. The molecule has 192 valence electrons. The number of amides is 3. The monoisotopic (exact) mass is 529 g/mol. The fourth-order valence-corrected chi connectivity index (χ4v) is 5.08. The number of anilines is 2. The molecule has 0 spiro atoms. The molecule has 9 nitrogen and oxygen atoms in total. The van der Waals surface area contributed by atoms with Crippen molar-refractivity contribution in [3.63, 3.8) is 0 Å². The Bertz CT molecular complexity index is 1620. The lowest BCUT2D eigenvalue weighted by Gasteiger charge is -2.33. The molecule has 0 radical (unpaired) electrons. The molecule has 0 saturated carbocycles. The molecule has 1 atom stereocenters. The van der Waals surface area contributed by atoms with Crippen LogP contribution >= 0.6 is 11.3 Å². The standard InChI is InChI=1S/C27H24FN7O2S/c1-27(2,24(36)33-26-34-30-15-38-26)23(16-6-4-3-5-7-16)17-8-10-21-18(12-17)14-31-35(21)22-11-9-19(28)13-20(22)32-25(29)37/h3-15,23H,1-2H3,(H3,29,32,37)(H,33,34,36)/t23-/m0/s1. The Morgan fingerprint density at radius 2 is 1.82 bits per heavy atom. The van der Waals surface area contributed by atoms with Crippen LogP contribution in [0.1, 0.15) is 30.9 Å². The van der Waals surface area contributed by atoms with E-state index in [0.717, 1.165) is 22.0 Å². The van der Waals surface area contributed by atoms with Gasteiger partial charge in [-0.15, -0.1) is 10.2 Å². The van der Waals surface area contributed by atoms with Crippen LogP contribution in [0.15, 0.2) is 78.4 Å². The third-order valence-electron chi connectivity index (χ3n) is 6.39. The number of benzene rings is 3. The van der Waals surface area contributed by atoms with Crippen LogP contribution in [0.3, 0.4) is 0 Å². The number of aromatic nitrogens is 4. The van der Waals surface area contributed by atoms with Gasteiger partial charge in [0.15, 0.2) is 0 Å². The Hall–Kier alpha value is -4.64. The third-order valence-corrected chi connectivity index (χ3v) is 7.00. The Labute approximate surface area is 221 Å². The summed E-state index contributed by atoms with van der Waals surface area (Å²) in [5, 5.41) is 18.8. The van der Waals surface area contributed by atoms with Gasteiger partial charge in [0.25, 0.3) is 0 Å². The van der Waals surface area contributed by atoms with Gasteiger partial charge in [0.1, 0.15) is 11.3 Å². The molecule has 0 fully saturated rings. The fraction of sp³-hybridized carbons (Fsp3) is 0.148. The molecule has 0 aliphatic rings. The van der Waals surface area contributed by atoms with Crippen LogP contribution in [0.25, 0.3) is 16.6 Å². The summed E-state index contributed by atoms with van der Waals surface area (Å²) in [6, 6.07) is 18.8. The molecule has 2 heterocycles. The van der Waals surface area contributed by atoms with E-state index in [2.05, 4.69) is 25.9 Å².